The van der Waals surface area contributed by atoms with Gasteiger partial charge in [-0.15, -0.1) is 0 Å². The van der Waals surface area contributed by atoms with Gasteiger partial charge in [-0.05, 0) is 86.5 Å². The third kappa shape index (κ3) is 2.93. The molecule has 2 atom stereocenters. The molecule has 2 unspecified atom stereocenters. The molecule has 1 aromatic carbocycles. The van der Waals surface area contributed by atoms with E-state index in [9.17, 15) is 4.79 Å². The quantitative estimate of drug-likeness (QED) is 0.805. The van der Waals surface area contributed by atoms with Crippen molar-refractivity contribution < 1.29 is 4.79 Å². The Bertz CT molecular complexity index is 705. The molecule has 5 saturated carbocycles. The second-order valence-electron chi connectivity index (χ2n) is 10.6. The van der Waals surface area contributed by atoms with Crippen LogP contribution in [0.15, 0.2) is 30.3 Å². The van der Waals surface area contributed by atoms with Crippen LogP contribution in [0.25, 0.3) is 0 Å². The van der Waals surface area contributed by atoms with Crippen molar-refractivity contribution in [1.29, 1.82) is 0 Å². The molecule has 5 aliphatic carbocycles. The maximum absolute atomic E-state index is 13.7. The maximum Gasteiger partial charge on any atom is 0.226 e. The van der Waals surface area contributed by atoms with Crippen molar-refractivity contribution in [2.75, 3.05) is 0 Å². The summed E-state index contributed by atoms with van der Waals surface area (Å²) >= 11 is 0. The molecule has 0 heterocycles. The van der Waals surface area contributed by atoms with E-state index in [0.29, 0.717) is 18.0 Å². The van der Waals surface area contributed by atoms with Gasteiger partial charge < -0.3 is 11.1 Å². The van der Waals surface area contributed by atoms with Gasteiger partial charge in [-0.1, -0.05) is 43.7 Å². The minimum Gasteiger partial charge on any atom is -0.353 e. The molecule has 0 aliphatic heterocycles. The van der Waals surface area contributed by atoms with Crippen molar-refractivity contribution in [3.8, 4) is 0 Å². The summed E-state index contributed by atoms with van der Waals surface area (Å²) < 4.78 is 0. The summed E-state index contributed by atoms with van der Waals surface area (Å²) in [5.41, 5.74) is 7.65. The Kier molecular flexibility index (Phi) is 4.58. The van der Waals surface area contributed by atoms with Crippen LogP contribution in [-0.4, -0.2) is 18.0 Å². The van der Waals surface area contributed by atoms with Gasteiger partial charge >= 0.3 is 0 Å². The highest BCUT2D eigenvalue weighted by molar-refractivity contribution is 5.84. The number of rotatable bonds is 4. The highest BCUT2D eigenvalue weighted by Gasteiger charge is 2.63. The van der Waals surface area contributed by atoms with Gasteiger partial charge in [0.25, 0.3) is 0 Å². The molecule has 1 amide bonds. The first-order chi connectivity index (χ1) is 13.5. The summed E-state index contributed by atoms with van der Waals surface area (Å²) in [7, 11) is 0. The highest BCUT2D eigenvalue weighted by Crippen LogP contribution is 2.68. The molecule has 5 aliphatic rings. The highest BCUT2D eigenvalue weighted by atomic mass is 16.2. The molecular weight excluding hydrogens is 344 g/mol. The van der Waals surface area contributed by atoms with Crippen LogP contribution < -0.4 is 11.1 Å². The monoisotopic (exact) mass is 380 g/mol. The second kappa shape index (κ2) is 6.86. The van der Waals surface area contributed by atoms with Gasteiger partial charge in [0.1, 0.15) is 0 Å². The summed E-state index contributed by atoms with van der Waals surface area (Å²) in [6.45, 7) is 2.36. The van der Waals surface area contributed by atoms with Gasteiger partial charge in [-0.2, -0.15) is 0 Å². The zero-order valence-electron chi connectivity index (χ0n) is 17.3. The van der Waals surface area contributed by atoms with E-state index in [1.807, 2.05) is 0 Å². The predicted octanol–water partition coefficient (Wildman–Crippen LogP) is 4.55. The summed E-state index contributed by atoms with van der Waals surface area (Å²) in [5, 5.41) is 3.50. The van der Waals surface area contributed by atoms with Crippen LogP contribution in [0, 0.1) is 23.2 Å². The van der Waals surface area contributed by atoms with E-state index < -0.39 is 0 Å². The van der Waals surface area contributed by atoms with E-state index in [-0.39, 0.29) is 10.8 Å². The molecule has 5 fully saturated rings. The number of nitrogens with one attached hydrogen (secondary N) is 1. The first kappa shape index (κ1) is 18.7. The van der Waals surface area contributed by atoms with Crippen LogP contribution in [0.4, 0.5) is 0 Å². The Morgan fingerprint density at radius 2 is 1.68 bits per heavy atom. The molecule has 0 saturated heterocycles. The van der Waals surface area contributed by atoms with Crippen molar-refractivity contribution in [2.24, 2.45) is 28.9 Å². The zero-order chi connectivity index (χ0) is 19.4. The average molecular weight is 381 g/mol. The second-order valence-corrected chi connectivity index (χ2v) is 10.6. The van der Waals surface area contributed by atoms with Gasteiger partial charge in [-0.25, -0.2) is 0 Å². The summed E-state index contributed by atoms with van der Waals surface area (Å²) in [4.78, 5) is 13.7. The number of nitrogens with two attached hydrogens (primary N) is 1. The van der Waals surface area contributed by atoms with Crippen molar-refractivity contribution in [2.45, 2.75) is 88.6 Å². The Morgan fingerprint density at radius 1 is 1.04 bits per heavy atom. The fraction of sp³-hybridized carbons (Fsp3) is 0.720. The molecule has 152 valence electrons. The van der Waals surface area contributed by atoms with E-state index in [1.54, 1.807) is 0 Å². The molecular formula is C25H36N2O. The fourth-order valence-electron chi connectivity index (χ4n) is 7.91. The minimum absolute atomic E-state index is 0.132. The van der Waals surface area contributed by atoms with Crippen molar-refractivity contribution in [1.82, 2.24) is 5.32 Å². The Labute approximate surface area is 169 Å². The van der Waals surface area contributed by atoms with E-state index in [4.69, 9.17) is 5.73 Å². The van der Waals surface area contributed by atoms with Crippen molar-refractivity contribution in [3.05, 3.63) is 35.9 Å². The summed E-state index contributed by atoms with van der Waals surface area (Å²) in [6.07, 6.45) is 11.4. The number of hydrogen-bond acceptors (Lipinski definition) is 2. The van der Waals surface area contributed by atoms with E-state index in [0.717, 1.165) is 62.7 Å². The van der Waals surface area contributed by atoms with Crippen LogP contribution in [0.2, 0.25) is 0 Å². The lowest BCUT2D eigenvalue weighted by Gasteiger charge is -2.64. The van der Waals surface area contributed by atoms with Crippen molar-refractivity contribution in [3.63, 3.8) is 0 Å². The van der Waals surface area contributed by atoms with Gasteiger partial charge in [0.2, 0.25) is 5.91 Å². The molecule has 4 bridgehead atoms. The summed E-state index contributed by atoms with van der Waals surface area (Å²) in [6, 6.07) is 11.8. The molecule has 3 heteroatoms. The molecule has 0 radical (unpaired) electrons. The third-order valence-electron chi connectivity index (χ3n) is 8.95. The first-order valence-corrected chi connectivity index (χ1v) is 11.7. The Balaban J connectivity index is 1.42. The van der Waals surface area contributed by atoms with Gasteiger partial charge in [-0.3, -0.25) is 4.79 Å². The van der Waals surface area contributed by atoms with Crippen LogP contribution in [0.1, 0.15) is 76.7 Å². The van der Waals surface area contributed by atoms with Gasteiger partial charge in [0.15, 0.2) is 0 Å². The molecule has 0 spiro atoms. The van der Waals surface area contributed by atoms with E-state index >= 15 is 0 Å². The SMILES string of the molecule is CCC1C2CC3(C(=O)NC4CCC(N)CC4)CC1CC(c1ccccc1)(C2)C3. The number of hydrogen-bond donors (Lipinski definition) is 2. The summed E-state index contributed by atoms with van der Waals surface area (Å²) in [5.74, 6) is 2.64. The molecule has 28 heavy (non-hydrogen) atoms. The predicted molar refractivity (Wildman–Crippen MR) is 113 cm³/mol. The van der Waals surface area contributed by atoms with Crippen molar-refractivity contribution >= 4 is 5.91 Å². The molecule has 6 rings (SSSR count). The molecule has 3 nitrogen and oxygen atoms in total. The Hall–Kier alpha value is -1.35. The standard InChI is InChI=1S/C25H36N2O/c1-2-22-17-12-24(19-6-4-3-5-7-19)13-18(22)15-25(14-17,16-24)23(28)27-21-10-8-20(26)9-11-21/h3-7,17-18,20-22H,2,8-16,26H2,1H3,(H,27,28). The zero-order valence-corrected chi connectivity index (χ0v) is 17.3. The maximum atomic E-state index is 13.7. The average Bonchev–Trinajstić information content (AvgIpc) is 2.70. The minimum atomic E-state index is -0.132. The lowest BCUT2D eigenvalue weighted by molar-refractivity contribution is -0.158. The first-order valence-electron chi connectivity index (χ1n) is 11.7. The number of amides is 1. The lowest BCUT2D eigenvalue weighted by Crippen LogP contribution is -2.62. The van der Waals surface area contributed by atoms with E-state index in [2.05, 4.69) is 42.6 Å². The lowest BCUT2D eigenvalue weighted by atomic mass is 9.39. The van der Waals surface area contributed by atoms with Crippen LogP contribution in [0.5, 0.6) is 0 Å². The molecule has 0 aromatic heterocycles. The smallest absolute Gasteiger partial charge is 0.226 e. The number of benzene rings is 1. The van der Waals surface area contributed by atoms with Crippen LogP contribution >= 0.6 is 0 Å². The van der Waals surface area contributed by atoms with E-state index in [1.165, 1.54) is 24.8 Å². The van der Waals surface area contributed by atoms with Gasteiger partial charge in [0, 0.05) is 12.1 Å². The van der Waals surface area contributed by atoms with Crippen LogP contribution in [0.3, 0.4) is 0 Å². The molecule has 1 aromatic rings. The van der Waals surface area contributed by atoms with Gasteiger partial charge in [0.05, 0.1) is 5.41 Å². The number of carbonyl (C=O) groups is 1. The largest absolute Gasteiger partial charge is 0.353 e. The fourth-order valence-corrected chi connectivity index (χ4v) is 7.91. The number of carbonyl (C=O) groups excluding carboxylic acids is 1. The normalized spacial score (nSPS) is 44.4. The Morgan fingerprint density at radius 3 is 2.29 bits per heavy atom. The topological polar surface area (TPSA) is 55.1 Å². The molecule has 3 N–H and O–H groups in total. The van der Waals surface area contributed by atoms with Crippen LogP contribution in [-0.2, 0) is 10.2 Å². The third-order valence-corrected chi connectivity index (χ3v) is 8.95.